The second-order valence-corrected chi connectivity index (χ2v) is 4.51. The number of aromatic nitrogens is 2. The van der Waals surface area contributed by atoms with Crippen molar-refractivity contribution >= 4 is 5.69 Å². The molecule has 1 atom stereocenters. The highest BCUT2D eigenvalue weighted by Crippen LogP contribution is 2.21. The second-order valence-electron chi connectivity index (χ2n) is 4.51. The van der Waals surface area contributed by atoms with Gasteiger partial charge in [0.05, 0.1) is 0 Å². The first-order valence-electron chi connectivity index (χ1n) is 6.26. The lowest BCUT2D eigenvalue weighted by atomic mass is 10.1. The Morgan fingerprint density at radius 1 is 1.39 bits per heavy atom. The predicted octanol–water partition coefficient (Wildman–Crippen LogP) is 1.90. The van der Waals surface area contributed by atoms with Crippen molar-refractivity contribution < 1.29 is 4.42 Å². The smallest absolute Gasteiger partial charge is 0.247 e. The van der Waals surface area contributed by atoms with Gasteiger partial charge in [0, 0.05) is 23.8 Å². The Bertz CT molecular complexity index is 491. The van der Waals surface area contributed by atoms with Crippen LogP contribution in [-0.2, 0) is 0 Å². The molecule has 3 rings (SSSR count). The van der Waals surface area contributed by atoms with Crippen molar-refractivity contribution in [3.8, 4) is 11.5 Å². The summed E-state index contributed by atoms with van der Waals surface area (Å²) in [5, 5.41) is 14.5. The number of rotatable bonds is 3. The normalized spacial score (nSPS) is 19.7. The summed E-state index contributed by atoms with van der Waals surface area (Å²) >= 11 is 0. The Morgan fingerprint density at radius 3 is 3.17 bits per heavy atom. The molecule has 18 heavy (non-hydrogen) atoms. The molecule has 1 saturated heterocycles. The first kappa shape index (κ1) is 11.2. The van der Waals surface area contributed by atoms with Gasteiger partial charge in [-0.1, -0.05) is 6.07 Å². The van der Waals surface area contributed by atoms with E-state index in [9.17, 15) is 0 Å². The molecule has 0 aliphatic carbocycles. The highest BCUT2D eigenvalue weighted by Gasteiger charge is 2.12. The fourth-order valence-electron chi connectivity index (χ4n) is 2.25. The molecule has 1 aliphatic rings. The molecule has 2 heterocycles. The summed E-state index contributed by atoms with van der Waals surface area (Å²) in [5.41, 5.74) is 2.04. The van der Waals surface area contributed by atoms with Crippen molar-refractivity contribution in [1.29, 1.82) is 0 Å². The van der Waals surface area contributed by atoms with Crippen LogP contribution in [0.3, 0.4) is 0 Å². The second kappa shape index (κ2) is 5.18. The molecule has 0 saturated carbocycles. The average Bonchev–Trinajstić information content (AvgIpc) is 2.94. The van der Waals surface area contributed by atoms with Crippen LogP contribution in [0.15, 0.2) is 35.1 Å². The van der Waals surface area contributed by atoms with E-state index in [0.717, 1.165) is 24.3 Å². The van der Waals surface area contributed by atoms with Gasteiger partial charge >= 0.3 is 0 Å². The summed E-state index contributed by atoms with van der Waals surface area (Å²) in [6.45, 7) is 2.14. The Balaban J connectivity index is 1.74. The number of nitrogens with one attached hydrogen (secondary N) is 2. The van der Waals surface area contributed by atoms with Crippen LogP contribution in [0.4, 0.5) is 5.69 Å². The summed E-state index contributed by atoms with van der Waals surface area (Å²) in [6.07, 6.45) is 3.78. The Hall–Kier alpha value is -1.88. The molecule has 2 aromatic rings. The van der Waals surface area contributed by atoms with Crippen LogP contribution < -0.4 is 10.6 Å². The highest BCUT2D eigenvalue weighted by atomic mass is 16.4. The maximum atomic E-state index is 5.20. The lowest BCUT2D eigenvalue weighted by Gasteiger charge is -2.24. The zero-order chi connectivity index (χ0) is 12.2. The van der Waals surface area contributed by atoms with Gasteiger partial charge in [-0.25, -0.2) is 0 Å². The first-order valence-corrected chi connectivity index (χ1v) is 6.26. The van der Waals surface area contributed by atoms with Crippen LogP contribution in [0.1, 0.15) is 12.8 Å². The largest absolute Gasteiger partial charge is 0.423 e. The first-order chi connectivity index (χ1) is 8.92. The van der Waals surface area contributed by atoms with Crippen LogP contribution in [0.25, 0.3) is 11.5 Å². The van der Waals surface area contributed by atoms with Crippen LogP contribution >= 0.6 is 0 Å². The molecule has 0 amide bonds. The quantitative estimate of drug-likeness (QED) is 0.863. The van der Waals surface area contributed by atoms with Gasteiger partial charge in [0.2, 0.25) is 12.3 Å². The van der Waals surface area contributed by atoms with Crippen molar-refractivity contribution in [1.82, 2.24) is 15.5 Å². The summed E-state index contributed by atoms with van der Waals surface area (Å²) in [7, 11) is 0. The van der Waals surface area contributed by atoms with Crippen LogP contribution in [0, 0.1) is 0 Å². The fourth-order valence-corrected chi connectivity index (χ4v) is 2.25. The van der Waals surface area contributed by atoms with Crippen molar-refractivity contribution in [3.05, 3.63) is 30.7 Å². The average molecular weight is 244 g/mol. The van der Waals surface area contributed by atoms with E-state index in [4.69, 9.17) is 4.42 Å². The fraction of sp³-hybridized carbons (Fsp3) is 0.385. The standard InChI is InChI=1S/C13H16N4O/c1-3-10(13-17-15-9-18-13)7-11(4-1)16-12-5-2-6-14-8-12/h1,3-4,7,9,12,14,16H,2,5-6,8H2. The molecule has 0 spiro atoms. The van der Waals surface area contributed by atoms with E-state index in [1.54, 1.807) is 0 Å². The highest BCUT2D eigenvalue weighted by molar-refractivity contribution is 5.61. The topological polar surface area (TPSA) is 63.0 Å². The molecule has 1 fully saturated rings. The van der Waals surface area contributed by atoms with E-state index in [1.807, 2.05) is 18.2 Å². The van der Waals surface area contributed by atoms with Gasteiger partial charge in [0.1, 0.15) is 0 Å². The molecule has 1 unspecified atom stereocenters. The van der Waals surface area contributed by atoms with Gasteiger partial charge in [-0.05, 0) is 37.6 Å². The molecule has 1 aromatic heterocycles. The number of nitrogens with zero attached hydrogens (tertiary/aromatic N) is 2. The van der Waals surface area contributed by atoms with Crippen molar-refractivity contribution in [2.45, 2.75) is 18.9 Å². The molecule has 0 bridgehead atoms. The van der Waals surface area contributed by atoms with Gasteiger partial charge in [-0.3, -0.25) is 0 Å². The van der Waals surface area contributed by atoms with Gasteiger partial charge in [0.25, 0.3) is 0 Å². The molecule has 1 aliphatic heterocycles. The molecule has 5 nitrogen and oxygen atoms in total. The van der Waals surface area contributed by atoms with Crippen LogP contribution in [0.2, 0.25) is 0 Å². The van der Waals surface area contributed by atoms with E-state index in [0.29, 0.717) is 11.9 Å². The summed E-state index contributed by atoms with van der Waals surface area (Å²) in [4.78, 5) is 0. The SMILES string of the molecule is c1cc(NC2CCCNC2)cc(-c2nnco2)c1. The van der Waals surface area contributed by atoms with Gasteiger partial charge in [0.15, 0.2) is 0 Å². The van der Waals surface area contributed by atoms with E-state index in [2.05, 4.69) is 26.9 Å². The molecular weight excluding hydrogens is 228 g/mol. The lowest BCUT2D eigenvalue weighted by Crippen LogP contribution is -2.38. The van der Waals surface area contributed by atoms with E-state index in [-0.39, 0.29) is 0 Å². The number of benzene rings is 1. The summed E-state index contributed by atoms with van der Waals surface area (Å²) < 4.78 is 5.20. The minimum atomic E-state index is 0.497. The maximum Gasteiger partial charge on any atom is 0.247 e. The summed E-state index contributed by atoms with van der Waals surface area (Å²) in [5.74, 6) is 0.556. The van der Waals surface area contributed by atoms with E-state index in [1.165, 1.54) is 19.2 Å². The Labute approximate surface area is 106 Å². The zero-order valence-electron chi connectivity index (χ0n) is 10.1. The van der Waals surface area contributed by atoms with Crippen molar-refractivity contribution in [2.75, 3.05) is 18.4 Å². The van der Waals surface area contributed by atoms with Crippen LogP contribution in [-0.4, -0.2) is 29.3 Å². The predicted molar refractivity (Wildman–Crippen MR) is 69.2 cm³/mol. The maximum absolute atomic E-state index is 5.20. The van der Waals surface area contributed by atoms with Crippen LogP contribution in [0.5, 0.6) is 0 Å². The van der Waals surface area contributed by atoms with E-state index >= 15 is 0 Å². The molecule has 94 valence electrons. The minimum Gasteiger partial charge on any atom is -0.423 e. The van der Waals surface area contributed by atoms with Gasteiger partial charge < -0.3 is 15.1 Å². The third kappa shape index (κ3) is 2.51. The van der Waals surface area contributed by atoms with Gasteiger partial charge in [-0.2, -0.15) is 0 Å². The number of hydrogen-bond donors (Lipinski definition) is 2. The third-order valence-electron chi connectivity index (χ3n) is 3.14. The minimum absolute atomic E-state index is 0.497. The van der Waals surface area contributed by atoms with E-state index < -0.39 is 0 Å². The molecular formula is C13H16N4O. The Kier molecular flexibility index (Phi) is 3.23. The molecule has 1 aromatic carbocycles. The monoisotopic (exact) mass is 244 g/mol. The number of anilines is 1. The number of piperidine rings is 1. The molecule has 5 heteroatoms. The van der Waals surface area contributed by atoms with Crippen molar-refractivity contribution in [2.24, 2.45) is 0 Å². The van der Waals surface area contributed by atoms with Gasteiger partial charge in [-0.15, -0.1) is 10.2 Å². The molecule has 0 radical (unpaired) electrons. The lowest BCUT2D eigenvalue weighted by molar-refractivity contribution is 0.480. The molecule has 2 N–H and O–H groups in total. The zero-order valence-corrected chi connectivity index (χ0v) is 10.1. The summed E-state index contributed by atoms with van der Waals surface area (Å²) in [6, 6.07) is 8.57. The third-order valence-corrected chi connectivity index (χ3v) is 3.14. The Morgan fingerprint density at radius 2 is 2.39 bits per heavy atom. The van der Waals surface area contributed by atoms with Crippen molar-refractivity contribution in [3.63, 3.8) is 0 Å². The number of hydrogen-bond acceptors (Lipinski definition) is 5.